The molecular weight excluding hydrogens is 344 g/mol. The summed E-state index contributed by atoms with van der Waals surface area (Å²) in [5, 5.41) is 7.58. The van der Waals surface area contributed by atoms with E-state index in [1.165, 1.54) is 0 Å². The third-order valence-electron chi connectivity index (χ3n) is 5.40. The van der Waals surface area contributed by atoms with Crippen LogP contribution in [0, 0.1) is 0 Å². The molecular formula is C19H26N6O2. The van der Waals surface area contributed by atoms with Gasteiger partial charge in [0.05, 0.1) is 5.69 Å². The Morgan fingerprint density at radius 1 is 1.22 bits per heavy atom. The van der Waals surface area contributed by atoms with Crippen LogP contribution in [0.2, 0.25) is 0 Å². The molecule has 0 aromatic carbocycles. The summed E-state index contributed by atoms with van der Waals surface area (Å²) in [5.74, 6) is 2.14. The molecule has 1 amide bonds. The molecule has 0 spiro atoms. The number of nitrogens with zero attached hydrogens (tertiary/aromatic N) is 5. The van der Waals surface area contributed by atoms with Gasteiger partial charge in [-0.2, -0.15) is 0 Å². The molecule has 0 unspecified atom stereocenters. The summed E-state index contributed by atoms with van der Waals surface area (Å²) in [6.07, 6.45) is 7.39. The van der Waals surface area contributed by atoms with Crippen LogP contribution >= 0.6 is 0 Å². The third-order valence-corrected chi connectivity index (χ3v) is 5.40. The Labute approximate surface area is 158 Å². The van der Waals surface area contributed by atoms with Crippen LogP contribution in [0.25, 0.3) is 0 Å². The SMILES string of the molecule is CN(C)c1cc(NC2CCN(C(=O)c3onc4c3CCCC4)CC2)ncn1. The first kappa shape index (κ1) is 17.8. The van der Waals surface area contributed by atoms with E-state index in [0.29, 0.717) is 24.9 Å². The van der Waals surface area contributed by atoms with Crippen molar-refractivity contribution in [1.82, 2.24) is 20.0 Å². The molecule has 2 aliphatic rings. The maximum absolute atomic E-state index is 12.9. The lowest BCUT2D eigenvalue weighted by molar-refractivity contribution is 0.0675. The predicted octanol–water partition coefficient (Wildman–Crippen LogP) is 2.13. The number of fused-ring (bicyclic) bond motifs is 1. The zero-order valence-electron chi connectivity index (χ0n) is 15.9. The predicted molar refractivity (Wildman–Crippen MR) is 102 cm³/mol. The average molecular weight is 370 g/mol. The van der Waals surface area contributed by atoms with E-state index >= 15 is 0 Å². The first-order valence-electron chi connectivity index (χ1n) is 9.64. The highest BCUT2D eigenvalue weighted by atomic mass is 16.5. The van der Waals surface area contributed by atoms with Crippen molar-refractivity contribution in [2.45, 2.75) is 44.6 Å². The number of aryl methyl sites for hydroxylation is 1. The molecule has 8 heteroatoms. The number of anilines is 2. The molecule has 144 valence electrons. The van der Waals surface area contributed by atoms with Crippen LogP contribution in [0.15, 0.2) is 16.9 Å². The summed E-state index contributed by atoms with van der Waals surface area (Å²) in [7, 11) is 3.91. The van der Waals surface area contributed by atoms with E-state index in [1.54, 1.807) is 6.33 Å². The zero-order chi connectivity index (χ0) is 18.8. The van der Waals surface area contributed by atoms with Gasteiger partial charge in [-0.05, 0) is 38.5 Å². The Morgan fingerprint density at radius 3 is 2.78 bits per heavy atom. The van der Waals surface area contributed by atoms with Crippen LogP contribution in [0.3, 0.4) is 0 Å². The Kier molecular flexibility index (Phi) is 4.96. The van der Waals surface area contributed by atoms with Gasteiger partial charge in [-0.3, -0.25) is 4.79 Å². The maximum atomic E-state index is 12.9. The molecule has 4 rings (SSSR count). The van der Waals surface area contributed by atoms with E-state index in [4.69, 9.17) is 4.52 Å². The largest absolute Gasteiger partial charge is 0.367 e. The lowest BCUT2D eigenvalue weighted by Crippen LogP contribution is -2.42. The Morgan fingerprint density at radius 2 is 2.00 bits per heavy atom. The maximum Gasteiger partial charge on any atom is 0.292 e. The van der Waals surface area contributed by atoms with Crippen molar-refractivity contribution in [2.75, 3.05) is 37.4 Å². The number of hydrogen-bond donors (Lipinski definition) is 1. The van der Waals surface area contributed by atoms with E-state index in [2.05, 4.69) is 20.4 Å². The van der Waals surface area contributed by atoms with E-state index in [-0.39, 0.29) is 5.91 Å². The molecule has 1 saturated heterocycles. The minimum atomic E-state index is -0.0129. The molecule has 0 saturated carbocycles. The molecule has 8 nitrogen and oxygen atoms in total. The Bertz CT molecular complexity index is 810. The number of nitrogens with one attached hydrogen (secondary N) is 1. The minimum absolute atomic E-state index is 0.0129. The molecule has 1 aliphatic heterocycles. The molecule has 0 radical (unpaired) electrons. The van der Waals surface area contributed by atoms with Gasteiger partial charge in [-0.25, -0.2) is 9.97 Å². The van der Waals surface area contributed by atoms with Gasteiger partial charge in [-0.1, -0.05) is 5.16 Å². The quantitative estimate of drug-likeness (QED) is 0.882. The number of amides is 1. The number of likely N-dealkylation sites (tertiary alicyclic amines) is 1. The number of carbonyl (C=O) groups excluding carboxylic acids is 1. The van der Waals surface area contributed by atoms with Gasteiger partial charge in [0.2, 0.25) is 5.76 Å². The van der Waals surface area contributed by atoms with Crippen molar-refractivity contribution in [3.8, 4) is 0 Å². The molecule has 1 N–H and O–H groups in total. The fourth-order valence-corrected chi connectivity index (χ4v) is 3.81. The van der Waals surface area contributed by atoms with Crippen molar-refractivity contribution in [1.29, 1.82) is 0 Å². The second-order valence-electron chi connectivity index (χ2n) is 7.51. The number of hydrogen-bond acceptors (Lipinski definition) is 7. The van der Waals surface area contributed by atoms with E-state index in [0.717, 1.165) is 61.4 Å². The minimum Gasteiger partial charge on any atom is -0.367 e. The first-order valence-corrected chi connectivity index (χ1v) is 9.64. The topological polar surface area (TPSA) is 87.4 Å². The highest BCUT2D eigenvalue weighted by molar-refractivity contribution is 5.93. The second-order valence-corrected chi connectivity index (χ2v) is 7.51. The fourth-order valence-electron chi connectivity index (χ4n) is 3.81. The number of rotatable bonds is 4. The van der Waals surface area contributed by atoms with Crippen LogP contribution in [0.4, 0.5) is 11.6 Å². The summed E-state index contributed by atoms with van der Waals surface area (Å²) in [4.78, 5) is 25.2. The molecule has 27 heavy (non-hydrogen) atoms. The van der Waals surface area contributed by atoms with E-state index < -0.39 is 0 Å². The summed E-state index contributed by atoms with van der Waals surface area (Å²) in [5.41, 5.74) is 2.00. The van der Waals surface area contributed by atoms with Crippen LogP contribution < -0.4 is 10.2 Å². The smallest absolute Gasteiger partial charge is 0.292 e. The van der Waals surface area contributed by atoms with Gasteiger partial charge in [-0.15, -0.1) is 0 Å². The number of aromatic nitrogens is 3. The molecule has 1 aliphatic carbocycles. The second kappa shape index (κ2) is 7.54. The van der Waals surface area contributed by atoms with Crippen molar-refractivity contribution in [3.05, 3.63) is 29.4 Å². The summed E-state index contributed by atoms with van der Waals surface area (Å²) in [6.45, 7) is 1.41. The van der Waals surface area contributed by atoms with Crippen LogP contribution in [0.1, 0.15) is 47.5 Å². The first-order chi connectivity index (χ1) is 13.1. The number of carbonyl (C=O) groups is 1. The third kappa shape index (κ3) is 3.74. The van der Waals surface area contributed by atoms with Gasteiger partial charge < -0.3 is 19.6 Å². The molecule has 2 aromatic heterocycles. The number of piperidine rings is 1. The van der Waals surface area contributed by atoms with Crippen LogP contribution in [0.5, 0.6) is 0 Å². The fraction of sp³-hybridized carbons (Fsp3) is 0.579. The Hall–Kier alpha value is -2.64. The van der Waals surface area contributed by atoms with E-state index in [9.17, 15) is 4.79 Å². The van der Waals surface area contributed by atoms with E-state index in [1.807, 2.05) is 30.0 Å². The molecule has 2 aromatic rings. The highest BCUT2D eigenvalue weighted by Gasteiger charge is 2.30. The zero-order valence-corrected chi connectivity index (χ0v) is 15.9. The monoisotopic (exact) mass is 370 g/mol. The molecule has 0 atom stereocenters. The van der Waals surface area contributed by atoms with Gasteiger partial charge in [0.15, 0.2) is 0 Å². The van der Waals surface area contributed by atoms with Crippen molar-refractivity contribution in [2.24, 2.45) is 0 Å². The summed E-state index contributed by atoms with van der Waals surface area (Å²) >= 11 is 0. The summed E-state index contributed by atoms with van der Waals surface area (Å²) in [6, 6.07) is 2.24. The molecule has 3 heterocycles. The normalized spacial score (nSPS) is 17.5. The molecule has 1 fully saturated rings. The van der Waals surface area contributed by atoms with Crippen LogP contribution in [-0.4, -0.2) is 59.2 Å². The van der Waals surface area contributed by atoms with Gasteiger partial charge in [0.1, 0.15) is 18.0 Å². The van der Waals surface area contributed by atoms with Crippen molar-refractivity contribution in [3.63, 3.8) is 0 Å². The average Bonchev–Trinajstić information content (AvgIpc) is 3.12. The Balaban J connectivity index is 1.36. The van der Waals surface area contributed by atoms with Crippen molar-refractivity contribution < 1.29 is 9.32 Å². The lowest BCUT2D eigenvalue weighted by Gasteiger charge is -2.32. The van der Waals surface area contributed by atoms with Crippen molar-refractivity contribution >= 4 is 17.5 Å². The lowest BCUT2D eigenvalue weighted by atomic mass is 9.95. The highest BCUT2D eigenvalue weighted by Crippen LogP contribution is 2.26. The van der Waals surface area contributed by atoms with Gasteiger partial charge in [0.25, 0.3) is 5.91 Å². The summed E-state index contributed by atoms with van der Waals surface area (Å²) < 4.78 is 5.41. The van der Waals surface area contributed by atoms with Gasteiger partial charge in [0, 0.05) is 44.9 Å². The molecule has 0 bridgehead atoms. The van der Waals surface area contributed by atoms with Gasteiger partial charge >= 0.3 is 0 Å². The van der Waals surface area contributed by atoms with Crippen LogP contribution in [-0.2, 0) is 12.8 Å². The standard InChI is InChI=1S/C19H26N6O2/c1-24(2)17-11-16(20-12-21-17)22-13-7-9-25(10-8-13)19(26)18-14-5-3-4-6-15(14)23-27-18/h11-13H,3-10H2,1-2H3,(H,20,21,22).